The van der Waals surface area contributed by atoms with E-state index in [1.54, 1.807) is 17.5 Å². The van der Waals surface area contributed by atoms with Crippen LogP contribution in [0.1, 0.15) is 21.3 Å². The molecule has 0 bridgehead atoms. The van der Waals surface area contributed by atoms with E-state index in [1.807, 2.05) is 0 Å². The first-order chi connectivity index (χ1) is 15.0. The molecule has 0 saturated carbocycles. The van der Waals surface area contributed by atoms with E-state index < -0.39 is 34.4 Å². The monoisotopic (exact) mass is 443 g/mol. The van der Waals surface area contributed by atoms with Crippen LogP contribution in [0.2, 0.25) is 0 Å². The fourth-order valence-electron chi connectivity index (χ4n) is 4.04. The van der Waals surface area contributed by atoms with Gasteiger partial charge in [-0.3, -0.25) is 29.4 Å². The number of nitro groups is 1. The molecule has 2 saturated heterocycles. The van der Waals surface area contributed by atoms with Gasteiger partial charge in [-0.15, -0.1) is 11.3 Å². The molecule has 1 aromatic carbocycles. The number of nitro benzene ring substituents is 1. The summed E-state index contributed by atoms with van der Waals surface area (Å²) in [6, 6.07) is 8.25. The zero-order valence-electron chi connectivity index (χ0n) is 16.6. The van der Waals surface area contributed by atoms with Gasteiger partial charge in [0.25, 0.3) is 11.6 Å². The summed E-state index contributed by atoms with van der Waals surface area (Å²) in [7, 11) is 0. The molecule has 1 aromatic heterocycles. The molecule has 2 aliphatic heterocycles. The van der Waals surface area contributed by atoms with Crippen molar-refractivity contribution in [1.29, 1.82) is 0 Å². The fraction of sp³-hybridized carbons (Fsp3) is 0.381. The van der Waals surface area contributed by atoms with Crippen molar-refractivity contribution >= 4 is 34.5 Å². The molecular formula is C21H21N3O6S. The number of likely N-dealkylation sites (tertiary alicyclic amines) is 1. The highest BCUT2D eigenvalue weighted by Gasteiger charge is 2.51. The van der Waals surface area contributed by atoms with Gasteiger partial charge in [-0.2, -0.15) is 0 Å². The smallest absolute Gasteiger partial charge is 0.291 e. The summed E-state index contributed by atoms with van der Waals surface area (Å²) in [6.45, 7) is 3.51. The summed E-state index contributed by atoms with van der Waals surface area (Å²) in [5, 5.41) is 12.8. The van der Waals surface area contributed by atoms with Crippen LogP contribution in [-0.2, 0) is 14.3 Å². The Hall–Kier alpha value is -2.95. The largest absolute Gasteiger partial charge is 0.379 e. The third kappa shape index (κ3) is 4.27. The molecule has 31 heavy (non-hydrogen) atoms. The minimum atomic E-state index is -1.17. The average molecular weight is 443 g/mol. The molecule has 0 aliphatic carbocycles. The molecule has 2 aromatic rings. The Balaban J connectivity index is 1.66. The number of ketones is 2. The molecular weight excluding hydrogens is 422 g/mol. The number of nitrogens with zero attached hydrogens (tertiary/aromatic N) is 3. The summed E-state index contributed by atoms with van der Waals surface area (Å²) in [5.41, 5.74) is 0.432. The van der Waals surface area contributed by atoms with Crippen molar-refractivity contribution in [2.45, 2.75) is 6.04 Å². The first kappa shape index (κ1) is 21.3. The van der Waals surface area contributed by atoms with Crippen LogP contribution in [0.4, 0.5) is 5.69 Å². The topological polar surface area (TPSA) is 110 Å². The molecule has 2 unspecified atom stereocenters. The molecule has 162 valence electrons. The number of rotatable bonds is 7. The lowest BCUT2D eigenvalue weighted by atomic mass is 9.88. The van der Waals surface area contributed by atoms with Gasteiger partial charge in [0.15, 0.2) is 5.78 Å². The van der Waals surface area contributed by atoms with Gasteiger partial charge in [0.05, 0.1) is 29.1 Å². The number of Topliss-reactive ketones (excluding diaryl/α,β-unsaturated/α-hetero) is 2. The normalized spacial score (nSPS) is 22.1. The molecule has 9 nitrogen and oxygen atoms in total. The summed E-state index contributed by atoms with van der Waals surface area (Å²) >= 11 is 1.22. The molecule has 1 amide bonds. The third-order valence-corrected chi connectivity index (χ3v) is 6.54. The molecule has 2 fully saturated rings. The van der Waals surface area contributed by atoms with Crippen LogP contribution in [0.15, 0.2) is 41.8 Å². The Kier molecular flexibility index (Phi) is 6.21. The predicted octanol–water partition coefficient (Wildman–Crippen LogP) is 1.94. The predicted molar refractivity (Wildman–Crippen MR) is 112 cm³/mol. The molecule has 0 N–H and O–H groups in total. The van der Waals surface area contributed by atoms with Crippen molar-refractivity contribution in [1.82, 2.24) is 9.80 Å². The Morgan fingerprint density at radius 2 is 1.84 bits per heavy atom. The minimum absolute atomic E-state index is 0.0969. The van der Waals surface area contributed by atoms with E-state index in [2.05, 4.69) is 4.90 Å². The summed E-state index contributed by atoms with van der Waals surface area (Å²) in [6.07, 6.45) is 0. The lowest BCUT2D eigenvalue weighted by Crippen LogP contribution is -2.42. The van der Waals surface area contributed by atoms with E-state index in [4.69, 9.17) is 4.74 Å². The number of thiophene rings is 1. The van der Waals surface area contributed by atoms with Crippen LogP contribution in [-0.4, -0.2) is 71.6 Å². The van der Waals surface area contributed by atoms with Crippen LogP contribution >= 0.6 is 11.3 Å². The van der Waals surface area contributed by atoms with Gasteiger partial charge in [0.2, 0.25) is 5.78 Å². The Bertz CT molecular complexity index is 985. The second-order valence-corrected chi connectivity index (χ2v) is 8.38. The zero-order valence-corrected chi connectivity index (χ0v) is 17.5. The van der Waals surface area contributed by atoms with Crippen LogP contribution in [0.3, 0.4) is 0 Å². The van der Waals surface area contributed by atoms with Gasteiger partial charge >= 0.3 is 0 Å². The van der Waals surface area contributed by atoms with Crippen molar-refractivity contribution in [2.24, 2.45) is 5.92 Å². The quantitative estimate of drug-likeness (QED) is 0.211. The number of hydrogen-bond donors (Lipinski definition) is 0. The molecule has 0 radical (unpaired) electrons. The lowest BCUT2D eigenvalue weighted by molar-refractivity contribution is -0.384. The van der Waals surface area contributed by atoms with Gasteiger partial charge in [-0.05, 0) is 17.0 Å². The molecule has 0 spiro atoms. The van der Waals surface area contributed by atoms with Gasteiger partial charge in [0, 0.05) is 38.3 Å². The fourth-order valence-corrected chi connectivity index (χ4v) is 4.74. The molecule has 2 atom stereocenters. The number of morpholine rings is 1. The van der Waals surface area contributed by atoms with Crippen molar-refractivity contribution in [3.63, 3.8) is 0 Å². The third-order valence-electron chi connectivity index (χ3n) is 5.66. The summed E-state index contributed by atoms with van der Waals surface area (Å²) < 4.78 is 5.35. The average Bonchev–Trinajstić information content (AvgIpc) is 3.41. The van der Waals surface area contributed by atoms with E-state index in [0.717, 1.165) is 13.1 Å². The minimum Gasteiger partial charge on any atom is -0.379 e. The van der Waals surface area contributed by atoms with Crippen LogP contribution in [0.5, 0.6) is 0 Å². The zero-order chi connectivity index (χ0) is 22.0. The number of amides is 1. The van der Waals surface area contributed by atoms with Crippen LogP contribution in [0, 0.1) is 16.0 Å². The van der Waals surface area contributed by atoms with Crippen molar-refractivity contribution in [3.8, 4) is 0 Å². The van der Waals surface area contributed by atoms with Crippen molar-refractivity contribution < 1.29 is 24.0 Å². The maximum absolute atomic E-state index is 13.1. The number of non-ortho nitro benzene ring substituents is 1. The first-order valence-electron chi connectivity index (χ1n) is 9.94. The van der Waals surface area contributed by atoms with Gasteiger partial charge in [0.1, 0.15) is 5.92 Å². The van der Waals surface area contributed by atoms with E-state index in [1.165, 1.54) is 40.5 Å². The highest BCUT2D eigenvalue weighted by atomic mass is 32.1. The number of carbonyl (C=O) groups is 3. The van der Waals surface area contributed by atoms with E-state index >= 15 is 0 Å². The molecule has 3 heterocycles. The maximum Gasteiger partial charge on any atom is 0.291 e. The standard InChI is InChI=1S/C21H21N3O6S/c25-19(16-2-1-13-31-16)17-18(14-3-5-15(6-4-14)24(28)29)23(21(27)20(17)26)8-7-22-9-11-30-12-10-22/h1-6,13,17-18H,7-12H2. The number of carbonyl (C=O) groups excluding carboxylic acids is 3. The Morgan fingerprint density at radius 1 is 1.13 bits per heavy atom. The second-order valence-electron chi connectivity index (χ2n) is 7.43. The van der Waals surface area contributed by atoms with E-state index in [0.29, 0.717) is 30.2 Å². The van der Waals surface area contributed by atoms with Crippen LogP contribution < -0.4 is 0 Å². The molecule has 4 rings (SSSR count). The van der Waals surface area contributed by atoms with E-state index in [9.17, 15) is 24.5 Å². The van der Waals surface area contributed by atoms with Crippen LogP contribution in [0.25, 0.3) is 0 Å². The van der Waals surface area contributed by atoms with Gasteiger partial charge in [-0.25, -0.2) is 0 Å². The molecule has 10 heteroatoms. The first-order valence-corrected chi connectivity index (χ1v) is 10.8. The maximum atomic E-state index is 13.1. The summed E-state index contributed by atoms with van der Waals surface area (Å²) in [4.78, 5) is 53.5. The lowest BCUT2D eigenvalue weighted by Gasteiger charge is -2.31. The highest BCUT2D eigenvalue weighted by Crippen LogP contribution is 2.39. The SMILES string of the molecule is O=C1C(=O)N(CCN2CCOCC2)C(c2ccc([N+](=O)[O-])cc2)C1C(=O)c1cccs1. The molecule has 2 aliphatic rings. The number of hydrogen-bond acceptors (Lipinski definition) is 8. The summed E-state index contributed by atoms with van der Waals surface area (Å²) in [5.74, 6) is -2.99. The Labute approximate surface area is 182 Å². The highest BCUT2D eigenvalue weighted by molar-refractivity contribution is 7.12. The van der Waals surface area contributed by atoms with Crippen molar-refractivity contribution in [2.75, 3.05) is 39.4 Å². The van der Waals surface area contributed by atoms with Gasteiger partial charge < -0.3 is 9.64 Å². The second kappa shape index (κ2) is 9.04. The number of ether oxygens (including phenoxy) is 1. The van der Waals surface area contributed by atoms with Crippen molar-refractivity contribution in [3.05, 3.63) is 62.3 Å². The van der Waals surface area contributed by atoms with Gasteiger partial charge in [-0.1, -0.05) is 18.2 Å². The number of benzene rings is 1. The Morgan fingerprint density at radius 3 is 2.45 bits per heavy atom. The van der Waals surface area contributed by atoms with E-state index in [-0.39, 0.29) is 12.2 Å².